The molecule has 0 amide bonds. The Hall–Kier alpha value is -0.180. The summed E-state index contributed by atoms with van der Waals surface area (Å²) in [5.41, 5.74) is 0.989. The lowest BCUT2D eigenvalue weighted by molar-refractivity contribution is 0.264. The minimum absolute atomic E-state index is 0. The largest absolute Gasteiger partial charge is 0.357 e. The monoisotopic (exact) mass is 487 g/mol. The Kier molecular flexibility index (Phi) is 9.19. The van der Waals surface area contributed by atoms with Gasteiger partial charge in [0.1, 0.15) is 5.15 Å². The van der Waals surface area contributed by atoms with E-state index in [0.29, 0.717) is 22.8 Å². The van der Waals surface area contributed by atoms with E-state index in [9.17, 15) is 0 Å². The molecule has 1 saturated carbocycles. The molecule has 0 radical (unpaired) electrons. The fraction of sp³-hybridized carbons (Fsp3) is 0.688. The van der Waals surface area contributed by atoms with Crippen molar-refractivity contribution in [3.05, 3.63) is 21.9 Å². The zero-order chi connectivity index (χ0) is 17.0. The van der Waals surface area contributed by atoms with E-state index in [2.05, 4.69) is 41.5 Å². The predicted octanol–water partition coefficient (Wildman–Crippen LogP) is 3.35. The maximum absolute atomic E-state index is 6.10. The SMILES string of the molecule is CCNC(=NCc1cc(Cl)c(Cl)n1C)NCC(C1CC1)N(C)C.I. The number of aliphatic imine (C=N–C) groups is 1. The summed E-state index contributed by atoms with van der Waals surface area (Å²) in [4.78, 5) is 6.94. The first-order valence-electron chi connectivity index (χ1n) is 8.12. The van der Waals surface area contributed by atoms with Crippen LogP contribution in [-0.4, -0.2) is 48.7 Å². The summed E-state index contributed by atoms with van der Waals surface area (Å²) in [6.45, 7) is 4.33. The topological polar surface area (TPSA) is 44.6 Å². The molecule has 0 spiro atoms. The molecule has 1 atom stereocenters. The maximum Gasteiger partial charge on any atom is 0.191 e. The number of guanidine groups is 1. The lowest BCUT2D eigenvalue weighted by Gasteiger charge is -2.25. The van der Waals surface area contributed by atoms with Gasteiger partial charge in [-0.25, -0.2) is 4.99 Å². The number of likely N-dealkylation sites (N-methyl/N-ethyl adjacent to an activating group) is 1. The van der Waals surface area contributed by atoms with Crippen LogP contribution in [0.25, 0.3) is 0 Å². The molecule has 0 bridgehead atoms. The van der Waals surface area contributed by atoms with E-state index >= 15 is 0 Å². The third kappa shape index (κ3) is 5.97. The molecule has 0 saturated heterocycles. The third-order valence-corrected chi connectivity index (χ3v) is 5.11. The van der Waals surface area contributed by atoms with Crippen molar-refractivity contribution in [2.75, 3.05) is 27.2 Å². The Labute approximate surface area is 172 Å². The molecule has 1 heterocycles. The van der Waals surface area contributed by atoms with Gasteiger partial charge in [-0.2, -0.15) is 0 Å². The zero-order valence-electron chi connectivity index (χ0n) is 14.8. The summed E-state index contributed by atoms with van der Waals surface area (Å²) in [5.74, 6) is 1.64. The van der Waals surface area contributed by atoms with Gasteiger partial charge in [-0.05, 0) is 45.8 Å². The molecule has 138 valence electrons. The van der Waals surface area contributed by atoms with Crippen LogP contribution in [-0.2, 0) is 13.6 Å². The van der Waals surface area contributed by atoms with Crippen LogP contribution < -0.4 is 10.6 Å². The van der Waals surface area contributed by atoms with Crippen molar-refractivity contribution >= 4 is 53.1 Å². The second-order valence-corrected chi connectivity index (χ2v) is 7.04. The van der Waals surface area contributed by atoms with Crippen molar-refractivity contribution < 1.29 is 0 Å². The van der Waals surface area contributed by atoms with Crippen molar-refractivity contribution in [2.45, 2.75) is 32.4 Å². The summed E-state index contributed by atoms with van der Waals surface area (Å²) in [6.07, 6.45) is 2.66. The van der Waals surface area contributed by atoms with Gasteiger partial charge in [0, 0.05) is 31.9 Å². The summed E-state index contributed by atoms with van der Waals surface area (Å²) in [5, 5.41) is 7.87. The van der Waals surface area contributed by atoms with Gasteiger partial charge < -0.3 is 20.1 Å². The summed E-state index contributed by atoms with van der Waals surface area (Å²) >= 11 is 12.2. The number of nitrogens with zero attached hydrogens (tertiary/aromatic N) is 3. The van der Waals surface area contributed by atoms with E-state index in [-0.39, 0.29) is 24.0 Å². The molecule has 1 aromatic rings. The van der Waals surface area contributed by atoms with E-state index < -0.39 is 0 Å². The Morgan fingerprint density at radius 3 is 2.50 bits per heavy atom. The van der Waals surface area contributed by atoms with E-state index in [1.165, 1.54) is 12.8 Å². The van der Waals surface area contributed by atoms with E-state index in [1.807, 2.05) is 17.7 Å². The van der Waals surface area contributed by atoms with E-state index in [0.717, 1.165) is 30.7 Å². The molecule has 1 aliphatic rings. The average Bonchev–Trinajstić information content (AvgIpc) is 3.30. The molecule has 2 N–H and O–H groups in total. The number of rotatable bonds is 7. The highest BCUT2D eigenvalue weighted by molar-refractivity contribution is 14.0. The smallest absolute Gasteiger partial charge is 0.191 e. The molecule has 1 aliphatic carbocycles. The van der Waals surface area contributed by atoms with Crippen molar-refractivity contribution in [1.82, 2.24) is 20.1 Å². The van der Waals surface area contributed by atoms with E-state index in [1.54, 1.807) is 0 Å². The minimum atomic E-state index is 0. The van der Waals surface area contributed by atoms with Crippen LogP contribution in [0.1, 0.15) is 25.5 Å². The van der Waals surface area contributed by atoms with Gasteiger partial charge in [-0.15, -0.1) is 24.0 Å². The molecule has 0 aliphatic heterocycles. The number of hydrogen-bond donors (Lipinski definition) is 2. The zero-order valence-corrected chi connectivity index (χ0v) is 18.6. The highest BCUT2D eigenvalue weighted by Gasteiger charge is 2.32. The second kappa shape index (κ2) is 10.1. The fourth-order valence-corrected chi connectivity index (χ4v) is 3.11. The van der Waals surface area contributed by atoms with E-state index in [4.69, 9.17) is 23.2 Å². The third-order valence-electron chi connectivity index (χ3n) is 4.27. The van der Waals surface area contributed by atoms with Crippen LogP contribution in [0.5, 0.6) is 0 Å². The molecule has 1 unspecified atom stereocenters. The Balaban J connectivity index is 0.00000288. The van der Waals surface area contributed by atoms with Crippen LogP contribution >= 0.6 is 47.2 Å². The van der Waals surface area contributed by atoms with Crippen LogP contribution in [0.2, 0.25) is 10.2 Å². The highest BCUT2D eigenvalue weighted by atomic mass is 127. The maximum atomic E-state index is 6.10. The van der Waals surface area contributed by atoms with Gasteiger partial charge in [-0.1, -0.05) is 23.2 Å². The fourth-order valence-electron chi connectivity index (χ4n) is 2.70. The van der Waals surface area contributed by atoms with Gasteiger partial charge >= 0.3 is 0 Å². The molecule has 24 heavy (non-hydrogen) atoms. The lowest BCUT2D eigenvalue weighted by atomic mass is 10.1. The van der Waals surface area contributed by atoms with Crippen molar-refractivity contribution in [3.63, 3.8) is 0 Å². The molecule has 2 rings (SSSR count). The quantitative estimate of drug-likeness (QED) is 0.352. The molecular formula is C16H28Cl2IN5. The van der Waals surface area contributed by atoms with Crippen molar-refractivity contribution in [3.8, 4) is 0 Å². The second-order valence-electron chi connectivity index (χ2n) is 6.28. The first-order valence-corrected chi connectivity index (χ1v) is 8.87. The van der Waals surface area contributed by atoms with Crippen molar-refractivity contribution in [2.24, 2.45) is 18.0 Å². The average molecular weight is 488 g/mol. The highest BCUT2D eigenvalue weighted by Crippen LogP contribution is 2.34. The molecule has 8 heteroatoms. The number of halogens is 3. The van der Waals surface area contributed by atoms with Crippen molar-refractivity contribution in [1.29, 1.82) is 0 Å². The molecular weight excluding hydrogens is 460 g/mol. The van der Waals surface area contributed by atoms with Crippen LogP contribution in [0.4, 0.5) is 0 Å². The van der Waals surface area contributed by atoms with Crippen LogP contribution in [0.3, 0.4) is 0 Å². The minimum Gasteiger partial charge on any atom is -0.357 e. The molecule has 1 aromatic heterocycles. The Bertz CT molecular complexity index is 553. The van der Waals surface area contributed by atoms with Gasteiger partial charge in [0.2, 0.25) is 0 Å². The summed E-state index contributed by atoms with van der Waals surface area (Å²) in [7, 11) is 6.18. The summed E-state index contributed by atoms with van der Waals surface area (Å²) in [6, 6.07) is 2.42. The van der Waals surface area contributed by atoms with Crippen LogP contribution in [0.15, 0.2) is 11.1 Å². The lowest BCUT2D eigenvalue weighted by Crippen LogP contribution is -2.46. The first kappa shape index (κ1) is 21.9. The van der Waals surface area contributed by atoms with Gasteiger partial charge in [-0.3, -0.25) is 0 Å². The van der Waals surface area contributed by atoms with Gasteiger partial charge in [0.15, 0.2) is 5.96 Å². The molecule has 0 aromatic carbocycles. The standard InChI is InChI=1S/C16H27Cl2N5.HI/c1-5-19-16(21-10-14(22(2)3)11-6-7-11)20-9-12-8-13(17)15(18)23(12)4;/h8,11,14H,5-7,9-10H2,1-4H3,(H2,19,20,21);1H. The number of hydrogen-bond acceptors (Lipinski definition) is 2. The first-order chi connectivity index (χ1) is 10.9. The Morgan fingerprint density at radius 2 is 2.04 bits per heavy atom. The van der Waals surface area contributed by atoms with Gasteiger partial charge in [0.25, 0.3) is 0 Å². The molecule has 5 nitrogen and oxygen atoms in total. The summed E-state index contributed by atoms with van der Waals surface area (Å²) < 4.78 is 1.86. The normalized spacial score (nSPS) is 16.0. The predicted molar refractivity (Wildman–Crippen MR) is 114 cm³/mol. The van der Waals surface area contributed by atoms with Gasteiger partial charge in [0.05, 0.1) is 11.6 Å². The number of nitrogens with one attached hydrogen (secondary N) is 2. The molecule has 1 fully saturated rings. The Morgan fingerprint density at radius 1 is 1.38 bits per heavy atom. The van der Waals surface area contributed by atoms with Crippen LogP contribution in [0, 0.1) is 5.92 Å². The number of aromatic nitrogens is 1.